The zero-order valence-electron chi connectivity index (χ0n) is 16.4. The molecule has 3 aliphatic rings. The molecule has 0 bridgehead atoms. The second-order valence-electron chi connectivity index (χ2n) is 8.32. The fourth-order valence-corrected chi connectivity index (χ4v) is 4.35. The third-order valence-corrected chi connectivity index (χ3v) is 6.08. The molecule has 1 aromatic carbocycles. The number of carbonyl (C=O) groups is 1. The lowest BCUT2D eigenvalue weighted by Gasteiger charge is -2.34. The van der Waals surface area contributed by atoms with Crippen LogP contribution in [-0.4, -0.2) is 35.0 Å². The first-order chi connectivity index (χ1) is 13.7. The van der Waals surface area contributed by atoms with Crippen molar-refractivity contribution in [3.05, 3.63) is 53.2 Å². The van der Waals surface area contributed by atoms with Crippen LogP contribution in [0.5, 0.6) is 5.75 Å². The van der Waals surface area contributed by atoms with E-state index in [4.69, 9.17) is 9.72 Å². The van der Waals surface area contributed by atoms with E-state index in [1.165, 1.54) is 11.1 Å². The molecule has 0 radical (unpaired) electrons. The highest BCUT2D eigenvalue weighted by Crippen LogP contribution is 2.35. The van der Waals surface area contributed by atoms with Gasteiger partial charge < -0.3 is 14.5 Å². The predicted octanol–water partition coefficient (Wildman–Crippen LogP) is 3.69. The lowest BCUT2D eigenvalue weighted by molar-refractivity contribution is -0.133. The van der Waals surface area contributed by atoms with Crippen LogP contribution in [0.1, 0.15) is 42.5 Å². The monoisotopic (exact) mass is 377 g/mol. The van der Waals surface area contributed by atoms with E-state index in [-0.39, 0.29) is 12.0 Å². The average Bonchev–Trinajstić information content (AvgIpc) is 3.48. The van der Waals surface area contributed by atoms with Gasteiger partial charge in [-0.25, -0.2) is 4.98 Å². The highest BCUT2D eigenvalue weighted by molar-refractivity contribution is 5.81. The molecular formula is C23H27N3O2. The zero-order valence-corrected chi connectivity index (χ0v) is 16.4. The van der Waals surface area contributed by atoms with Gasteiger partial charge in [-0.3, -0.25) is 4.79 Å². The summed E-state index contributed by atoms with van der Waals surface area (Å²) in [6.45, 7) is 5.45. The largest absolute Gasteiger partial charge is 0.490 e. The van der Waals surface area contributed by atoms with Crippen molar-refractivity contribution in [3.8, 4) is 5.75 Å². The standard InChI is InChI=1S/C23H27N3O2/c1-16-13-18-14-26(23(27)17-7-8-17)15-21(18)24-22(16)25-11-9-20(10-12-25)28-19-5-3-2-4-6-19/h2-6,13,17,20H,7-12,14-15H2,1H3. The van der Waals surface area contributed by atoms with Gasteiger partial charge in [-0.05, 0) is 49.1 Å². The molecule has 0 spiro atoms. The number of carbonyl (C=O) groups excluding carboxylic acids is 1. The molecule has 1 saturated heterocycles. The molecule has 5 heteroatoms. The first-order valence-corrected chi connectivity index (χ1v) is 10.4. The van der Waals surface area contributed by atoms with Gasteiger partial charge in [0.05, 0.1) is 12.2 Å². The molecule has 0 atom stereocenters. The maximum Gasteiger partial charge on any atom is 0.226 e. The summed E-state index contributed by atoms with van der Waals surface area (Å²) in [5, 5.41) is 0. The van der Waals surface area contributed by atoms with Crippen LogP contribution in [0.15, 0.2) is 36.4 Å². The van der Waals surface area contributed by atoms with Crippen molar-refractivity contribution in [3.63, 3.8) is 0 Å². The van der Waals surface area contributed by atoms with E-state index in [1.54, 1.807) is 0 Å². The van der Waals surface area contributed by atoms with Crippen LogP contribution in [0.2, 0.25) is 0 Å². The van der Waals surface area contributed by atoms with E-state index in [2.05, 4.69) is 17.9 Å². The summed E-state index contributed by atoms with van der Waals surface area (Å²) in [4.78, 5) is 21.8. The van der Waals surface area contributed by atoms with Crippen LogP contribution in [0, 0.1) is 12.8 Å². The number of fused-ring (bicyclic) bond motifs is 1. The number of nitrogens with zero attached hydrogens (tertiary/aromatic N) is 3. The highest BCUT2D eigenvalue weighted by Gasteiger charge is 2.36. The molecule has 3 heterocycles. The van der Waals surface area contributed by atoms with Crippen molar-refractivity contribution in [2.24, 2.45) is 5.92 Å². The number of ether oxygens (including phenoxy) is 1. The molecule has 2 fully saturated rings. The highest BCUT2D eigenvalue weighted by atomic mass is 16.5. The molecule has 5 rings (SSSR count). The Morgan fingerprint density at radius 1 is 1.07 bits per heavy atom. The number of piperidine rings is 1. The number of aryl methyl sites for hydroxylation is 1. The van der Waals surface area contributed by atoms with Gasteiger partial charge in [0.25, 0.3) is 0 Å². The van der Waals surface area contributed by atoms with E-state index < -0.39 is 0 Å². The summed E-state index contributed by atoms with van der Waals surface area (Å²) < 4.78 is 6.12. The summed E-state index contributed by atoms with van der Waals surface area (Å²) in [6, 6.07) is 12.3. The van der Waals surface area contributed by atoms with Crippen LogP contribution in [0.3, 0.4) is 0 Å². The van der Waals surface area contributed by atoms with Crippen molar-refractivity contribution in [2.45, 2.75) is 51.8 Å². The molecule has 0 N–H and O–H groups in total. The number of aromatic nitrogens is 1. The summed E-state index contributed by atoms with van der Waals surface area (Å²) in [6.07, 6.45) is 4.38. The fraction of sp³-hybridized carbons (Fsp3) is 0.478. The maximum atomic E-state index is 12.4. The Kier molecular flexibility index (Phi) is 4.46. The Balaban J connectivity index is 1.24. The minimum Gasteiger partial charge on any atom is -0.490 e. The van der Waals surface area contributed by atoms with E-state index in [0.717, 1.165) is 62.6 Å². The minimum atomic E-state index is 0.264. The van der Waals surface area contributed by atoms with Crippen LogP contribution in [0.25, 0.3) is 0 Å². The van der Waals surface area contributed by atoms with Crippen molar-refractivity contribution in [1.82, 2.24) is 9.88 Å². The normalized spacial score (nSPS) is 19.6. The molecule has 1 saturated carbocycles. The number of hydrogen-bond acceptors (Lipinski definition) is 4. The molecule has 5 nitrogen and oxygen atoms in total. The number of hydrogen-bond donors (Lipinski definition) is 0. The second kappa shape index (κ2) is 7.12. The molecule has 2 aromatic rings. The fourth-order valence-electron chi connectivity index (χ4n) is 4.35. The minimum absolute atomic E-state index is 0.264. The van der Waals surface area contributed by atoms with Crippen LogP contribution in [0.4, 0.5) is 5.82 Å². The Bertz CT molecular complexity index is 871. The predicted molar refractivity (Wildman–Crippen MR) is 108 cm³/mol. The lowest BCUT2D eigenvalue weighted by atomic mass is 10.1. The smallest absolute Gasteiger partial charge is 0.226 e. The molecule has 28 heavy (non-hydrogen) atoms. The summed E-state index contributed by atoms with van der Waals surface area (Å²) in [5.41, 5.74) is 3.51. The van der Waals surface area contributed by atoms with E-state index in [9.17, 15) is 4.79 Å². The Morgan fingerprint density at radius 2 is 1.82 bits per heavy atom. The molecule has 1 aromatic heterocycles. The van der Waals surface area contributed by atoms with Gasteiger partial charge in [0.15, 0.2) is 0 Å². The second-order valence-corrected chi connectivity index (χ2v) is 8.32. The van der Waals surface area contributed by atoms with Gasteiger partial charge in [-0.2, -0.15) is 0 Å². The van der Waals surface area contributed by atoms with Crippen molar-refractivity contribution in [2.75, 3.05) is 18.0 Å². The number of amides is 1. The van der Waals surface area contributed by atoms with E-state index >= 15 is 0 Å². The first kappa shape index (κ1) is 17.5. The average molecular weight is 377 g/mol. The van der Waals surface area contributed by atoms with Gasteiger partial charge in [-0.15, -0.1) is 0 Å². The third-order valence-electron chi connectivity index (χ3n) is 6.08. The molecular weight excluding hydrogens is 350 g/mol. The lowest BCUT2D eigenvalue weighted by Crippen LogP contribution is -2.39. The molecule has 1 aliphatic carbocycles. The first-order valence-electron chi connectivity index (χ1n) is 10.4. The van der Waals surface area contributed by atoms with Gasteiger partial charge in [0, 0.05) is 38.4 Å². The number of para-hydroxylation sites is 1. The maximum absolute atomic E-state index is 12.4. The molecule has 1 amide bonds. The van der Waals surface area contributed by atoms with Gasteiger partial charge in [0.1, 0.15) is 17.7 Å². The van der Waals surface area contributed by atoms with Crippen molar-refractivity contribution < 1.29 is 9.53 Å². The number of benzene rings is 1. The Hall–Kier alpha value is -2.56. The quantitative estimate of drug-likeness (QED) is 0.815. The van der Waals surface area contributed by atoms with Gasteiger partial charge >= 0.3 is 0 Å². The van der Waals surface area contributed by atoms with Gasteiger partial charge in [0.2, 0.25) is 5.91 Å². The number of anilines is 1. The summed E-state index contributed by atoms with van der Waals surface area (Å²) in [5.74, 6) is 2.63. The molecule has 2 aliphatic heterocycles. The van der Waals surface area contributed by atoms with Gasteiger partial charge in [-0.1, -0.05) is 18.2 Å². The number of rotatable bonds is 4. The van der Waals surface area contributed by atoms with Crippen molar-refractivity contribution in [1.29, 1.82) is 0 Å². The van der Waals surface area contributed by atoms with Crippen LogP contribution >= 0.6 is 0 Å². The third kappa shape index (κ3) is 3.46. The van der Waals surface area contributed by atoms with Crippen LogP contribution < -0.4 is 9.64 Å². The zero-order chi connectivity index (χ0) is 19.1. The van der Waals surface area contributed by atoms with Crippen molar-refractivity contribution >= 4 is 11.7 Å². The molecule has 146 valence electrons. The number of pyridine rings is 1. The Morgan fingerprint density at radius 3 is 2.54 bits per heavy atom. The Labute approximate surface area is 166 Å². The summed E-state index contributed by atoms with van der Waals surface area (Å²) >= 11 is 0. The van der Waals surface area contributed by atoms with Crippen LogP contribution in [-0.2, 0) is 17.9 Å². The SMILES string of the molecule is Cc1cc2c(nc1N1CCC(Oc3ccccc3)CC1)CN(C(=O)C1CC1)C2. The topological polar surface area (TPSA) is 45.7 Å². The summed E-state index contributed by atoms with van der Waals surface area (Å²) in [7, 11) is 0. The van der Waals surface area contributed by atoms with E-state index in [0.29, 0.717) is 12.5 Å². The van der Waals surface area contributed by atoms with E-state index in [1.807, 2.05) is 35.2 Å². The molecule has 0 unspecified atom stereocenters.